The van der Waals surface area contributed by atoms with E-state index in [0.717, 1.165) is 33.5 Å². The predicted molar refractivity (Wildman–Crippen MR) is 124 cm³/mol. The molecule has 1 heterocycles. The van der Waals surface area contributed by atoms with Crippen molar-refractivity contribution in [3.05, 3.63) is 106 Å². The fourth-order valence-electron chi connectivity index (χ4n) is 3.54. The third-order valence-electron chi connectivity index (χ3n) is 5.32. The molecule has 0 saturated heterocycles. The maximum Gasteiger partial charge on any atom is 0.253 e. The Hall–Kier alpha value is -3.86. The van der Waals surface area contributed by atoms with Gasteiger partial charge in [0.2, 0.25) is 5.91 Å². The van der Waals surface area contributed by atoms with Gasteiger partial charge in [-0.05, 0) is 54.3 Å². The van der Waals surface area contributed by atoms with E-state index in [1.807, 2.05) is 85.8 Å². The van der Waals surface area contributed by atoms with Crippen LogP contribution in [0.5, 0.6) is 5.75 Å². The van der Waals surface area contributed by atoms with E-state index in [2.05, 4.69) is 4.98 Å². The Labute approximate surface area is 180 Å². The van der Waals surface area contributed by atoms with Gasteiger partial charge in [-0.2, -0.15) is 0 Å². The molecule has 3 aromatic carbocycles. The van der Waals surface area contributed by atoms with Crippen molar-refractivity contribution in [2.24, 2.45) is 0 Å². The van der Waals surface area contributed by atoms with Crippen molar-refractivity contribution >= 4 is 22.5 Å². The highest BCUT2D eigenvalue weighted by atomic mass is 16.5. The van der Waals surface area contributed by atoms with Crippen LogP contribution in [0.2, 0.25) is 0 Å². The summed E-state index contributed by atoms with van der Waals surface area (Å²) in [5.41, 5.74) is 3.89. The third kappa shape index (κ3) is 4.67. The molecule has 1 N–H and O–H groups in total. The minimum atomic E-state index is -0.187. The van der Waals surface area contributed by atoms with E-state index in [9.17, 15) is 9.59 Å². The van der Waals surface area contributed by atoms with E-state index in [1.165, 1.54) is 0 Å². The number of benzene rings is 3. The van der Waals surface area contributed by atoms with Gasteiger partial charge < -0.3 is 14.6 Å². The average Bonchev–Trinajstić information content (AvgIpc) is 2.79. The number of anilines is 1. The number of aromatic amines is 1. The number of para-hydroxylation sites is 1. The number of methoxy groups -OCH3 is 1. The van der Waals surface area contributed by atoms with E-state index in [4.69, 9.17) is 4.74 Å². The number of ether oxygens (including phenoxy) is 1. The topological polar surface area (TPSA) is 62.4 Å². The second kappa shape index (κ2) is 8.88. The Kier molecular flexibility index (Phi) is 5.85. The number of pyridine rings is 1. The van der Waals surface area contributed by atoms with E-state index in [0.29, 0.717) is 5.56 Å². The van der Waals surface area contributed by atoms with Crippen LogP contribution >= 0.6 is 0 Å². The fraction of sp³-hybridized carbons (Fsp3) is 0.154. The number of carbonyl (C=O) groups excluding carboxylic acids is 1. The summed E-state index contributed by atoms with van der Waals surface area (Å²) in [7, 11) is 1.61. The molecule has 0 atom stereocenters. The summed E-state index contributed by atoms with van der Waals surface area (Å²) in [5.74, 6) is 0.663. The molecular formula is C26H24N2O3. The third-order valence-corrected chi connectivity index (χ3v) is 5.32. The molecule has 0 radical (unpaired) electrons. The summed E-state index contributed by atoms with van der Waals surface area (Å²) >= 11 is 0. The van der Waals surface area contributed by atoms with Crippen LogP contribution in [-0.4, -0.2) is 18.0 Å². The molecule has 5 nitrogen and oxygen atoms in total. The predicted octanol–water partition coefficient (Wildman–Crippen LogP) is 4.62. The number of H-pyrrole nitrogens is 1. The van der Waals surface area contributed by atoms with Crippen LogP contribution in [0.3, 0.4) is 0 Å². The molecular weight excluding hydrogens is 388 g/mol. The van der Waals surface area contributed by atoms with Gasteiger partial charge >= 0.3 is 0 Å². The number of hydrogen-bond donors (Lipinski definition) is 1. The Morgan fingerprint density at radius 2 is 1.68 bits per heavy atom. The van der Waals surface area contributed by atoms with E-state index >= 15 is 0 Å². The molecule has 31 heavy (non-hydrogen) atoms. The second-order valence-electron chi connectivity index (χ2n) is 7.55. The largest absolute Gasteiger partial charge is 0.497 e. The molecule has 0 bridgehead atoms. The lowest BCUT2D eigenvalue weighted by Crippen LogP contribution is -2.34. The van der Waals surface area contributed by atoms with Crippen LogP contribution in [0.4, 0.5) is 5.69 Å². The van der Waals surface area contributed by atoms with Gasteiger partial charge in [0.25, 0.3) is 5.56 Å². The summed E-state index contributed by atoms with van der Waals surface area (Å²) < 4.78 is 5.20. The lowest BCUT2D eigenvalue weighted by Gasteiger charge is -2.23. The number of rotatable bonds is 6. The highest BCUT2D eigenvalue weighted by Gasteiger charge is 2.19. The molecule has 4 rings (SSSR count). The van der Waals surface area contributed by atoms with Crippen molar-refractivity contribution in [1.82, 2.24) is 4.98 Å². The average molecular weight is 412 g/mol. The van der Waals surface area contributed by atoms with Gasteiger partial charge in [-0.15, -0.1) is 0 Å². The first-order chi connectivity index (χ1) is 15.0. The minimum Gasteiger partial charge on any atom is -0.497 e. The van der Waals surface area contributed by atoms with E-state index in [-0.39, 0.29) is 24.4 Å². The van der Waals surface area contributed by atoms with Crippen LogP contribution in [-0.2, 0) is 17.8 Å². The van der Waals surface area contributed by atoms with Crippen molar-refractivity contribution in [3.63, 3.8) is 0 Å². The van der Waals surface area contributed by atoms with Crippen molar-refractivity contribution in [3.8, 4) is 5.75 Å². The van der Waals surface area contributed by atoms with Crippen molar-refractivity contribution in [2.75, 3.05) is 12.0 Å². The smallest absolute Gasteiger partial charge is 0.253 e. The Balaban J connectivity index is 1.67. The van der Waals surface area contributed by atoms with Crippen molar-refractivity contribution in [2.45, 2.75) is 19.9 Å². The van der Waals surface area contributed by atoms with Gasteiger partial charge in [0.1, 0.15) is 5.75 Å². The summed E-state index contributed by atoms with van der Waals surface area (Å²) in [6.45, 7) is 2.19. The van der Waals surface area contributed by atoms with Crippen LogP contribution in [0.25, 0.3) is 10.9 Å². The molecule has 5 heteroatoms. The number of fused-ring (bicyclic) bond motifs is 1. The molecule has 0 aliphatic rings. The first kappa shape index (κ1) is 20.4. The molecule has 0 spiro atoms. The number of nitrogens with one attached hydrogen (secondary N) is 1. The molecule has 1 aromatic heterocycles. The summed E-state index contributed by atoms with van der Waals surface area (Å²) in [6.07, 6.45) is 0.226. The van der Waals surface area contributed by atoms with E-state index < -0.39 is 0 Å². The number of aromatic nitrogens is 1. The van der Waals surface area contributed by atoms with Crippen molar-refractivity contribution < 1.29 is 9.53 Å². The molecule has 0 saturated carbocycles. The minimum absolute atomic E-state index is 0.0819. The number of nitrogens with zero attached hydrogens (tertiary/aromatic N) is 1. The van der Waals surface area contributed by atoms with Crippen molar-refractivity contribution in [1.29, 1.82) is 0 Å². The molecule has 0 aliphatic heterocycles. The molecule has 0 aliphatic carbocycles. The molecule has 0 fully saturated rings. The standard InChI is InChI=1S/C26H24N2O3/c1-18-7-11-22(12-8-18)28(25(29)15-19-9-13-23(31-2)14-10-19)17-21-16-20-5-3-4-6-24(20)27-26(21)30/h3-14,16H,15,17H2,1-2H3,(H,27,30). The zero-order valence-electron chi connectivity index (χ0n) is 17.6. The molecule has 4 aromatic rings. The zero-order chi connectivity index (χ0) is 21.8. The normalized spacial score (nSPS) is 10.8. The lowest BCUT2D eigenvalue weighted by molar-refractivity contribution is -0.118. The highest BCUT2D eigenvalue weighted by molar-refractivity contribution is 5.94. The van der Waals surface area contributed by atoms with Gasteiger partial charge in [0.15, 0.2) is 0 Å². The first-order valence-corrected chi connectivity index (χ1v) is 10.1. The van der Waals surface area contributed by atoms with Gasteiger partial charge in [0, 0.05) is 16.8 Å². The SMILES string of the molecule is COc1ccc(CC(=O)N(Cc2cc3ccccc3[nH]c2=O)c2ccc(C)cc2)cc1. The Morgan fingerprint density at radius 1 is 0.968 bits per heavy atom. The van der Waals surface area contributed by atoms with Crippen LogP contribution in [0.15, 0.2) is 83.7 Å². The number of aryl methyl sites for hydroxylation is 1. The monoisotopic (exact) mass is 412 g/mol. The second-order valence-corrected chi connectivity index (χ2v) is 7.55. The molecule has 1 amide bonds. The van der Waals surface area contributed by atoms with Gasteiger partial charge in [-0.3, -0.25) is 9.59 Å². The van der Waals surface area contributed by atoms with Crippen LogP contribution in [0.1, 0.15) is 16.7 Å². The first-order valence-electron chi connectivity index (χ1n) is 10.1. The quantitative estimate of drug-likeness (QED) is 0.503. The van der Waals surface area contributed by atoms with Crippen LogP contribution < -0.4 is 15.2 Å². The van der Waals surface area contributed by atoms with E-state index in [1.54, 1.807) is 12.0 Å². The fourth-order valence-corrected chi connectivity index (χ4v) is 3.54. The summed E-state index contributed by atoms with van der Waals surface area (Å²) in [6, 6.07) is 24.7. The van der Waals surface area contributed by atoms with Gasteiger partial charge in [-0.1, -0.05) is 48.0 Å². The highest BCUT2D eigenvalue weighted by Crippen LogP contribution is 2.21. The number of hydrogen-bond acceptors (Lipinski definition) is 3. The molecule has 0 unspecified atom stereocenters. The Morgan fingerprint density at radius 3 is 2.39 bits per heavy atom. The maximum atomic E-state index is 13.3. The number of amides is 1. The summed E-state index contributed by atoms with van der Waals surface area (Å²) in [4.78, 5) is 30.6. The van der Waals surface area contributed by atoms with Crippen LogP contribution in [0, 0.1) is 6.92 Å². The zero-order valence-corrected chi connectivity index (χ0v) is 17.6. The maximum absolute atomic E-state index is 13.3. The Bertz CT molecular complexity index is 1260. The van der Waals surface area contributed by atoms with Gasteiger partial charge in [0.05, 0.1) is 20.1 Å². The summed E-state index contributed by atoms with van der Waals surface area (Å²) in [5, 5.41) is 0.934. The number of carbonyl (C=O) groups is 1. The molecule has 156 valence electrons. The lowest BCUT2D eigenvalue weighted by atomic mass is 10.1. The van der Waals surface area contributed by atoms with Gasteiger partial charge in [-0.25, -0.2) is 0 Å².